The van der Waals surface area contributed by atoms with Crippen LogP contribution in [0.3, 0.4) is 0 Å². The fraction of sp³-hybridized carbons (Fsp3) is 0.357. The second-order valence-electron chi connectivity index (χ2n) is 8.00. The van der Waals surface area contributed by atoms with Gasteiger partial charge in [-0.25, -0.2) is 0 Å². The number of ether oxygens (including phenoxy) is 4. The fourth-order valence-electron chi connectivity index (χ4n) is 4.10. The van der Waals surface area contributed by atoms with Crippen molar-refractivity contribution in [2.75, 3.05) is 35.0 Å². The van der Waals surface area contributed by atoms with Gasteiger partial charge in [0.25, 0.3) is 0 Å². The Morgan fingerprint density at radius 2 is 1.18 bits per heavy atom. The van der Waals surface area contributed by atoms with Gasteiger partial charge in [0, 0.05) is 13.7 Å². The average molecular weight is 451 g/mol. The smallest absolute Gasteiger partial charge is 0.140 e. The van der Waals surface area contributed by atoms with E-state index in [-0.39, 0.29) is 0 Å². The lowest BCUT2D eigenvalue weighted by molar-refractivity contribution is 0.125. The molecule has 0 fully saturated rings. The van der Waals surface area contributed by atoms with Crippen LogP contribution < -0.4 is 14.2 Å². The summed E-state index contributed by atoms with van der Waals surface area (Å²) in [5.41, 5.74) is 2.02. The van der Waals surface area contributed by atoms with E-state index in [2.05, 4.69) is 6.07 Å². The molecule has 1 N–H and O–H groups in total. The third kappa shape index (κ3) is 5.67. The molecule has 0 spiro atoms. The number of unbranched alkanes of at least 4 members (excludes halogenated alkanes) is 2. The molecule has 0 saturated carbocycles. The van der Waals surface area contributed by atoms with Gasteiger partial charge in [-0.1, -0.05) is 36.8 Å². The SMILES string of the molecule is COCCCCCc1cc(C(O)(c2ccc(OC)cc2)c2ccc(OC)cc2)ccc1OC. The van der Waals surface area contributed by atoms with Crippen molar-refractivity contribution >= 4 is 0 Å². The van der Waals surface area contributed by atoms with Gasteiger partial charge in [-0.05, 0) is 77.9 Å². The predicted octanol–water partition coefficient (Wildman–Crippen LogP) is 5.36. The van der Waals surface area contributed by atoms with Gasteiger partial charge in [0.2, 0.25) is 0 Å². The van der Waals surface area contributed by atoms with Gasteiger partial charge in [0.15, 0.2) is 0 Å². The highest BCUT2D eigenvalue weighted by Crippen LogP contribution is 2.39. The average Bonchev–Trinajstić information content (AvgIpc) is 2.88. The van der Waals surface area contributed by atoms with Crippen LogP contribution in [0.1, 0.15) is 41.5 Å². The zero-order valence-electron chi connectivity index (χ0n) is 20.0. The summed E-state index contributed by atoms with van der Waals surface area (Å²) in [7, 11) is 6.67. The maximum atomic E-state index is 12.2. The quantitative estimate of drug-likeness (QED) is 0.298. The Balaban J connectivity index is 2.04. The number of rotatable bonds is 12. The van der Waals surface area contributed by atoms with Crippen molar-refractivity contribution in [3.05, 3.63) is 89.0 Å². The highest BCUT2D eigenvalue weighted by Gasteiger charge is 2.34. The van der Waals surface area contributed by atoms with Crippen LogP contribution in [0.4, 0.5) is 0 Å². The Hall–Kier alpha value is -3.02. The molecule has 5 heteroatoms. The van der Waals surface area contributed by atoms with Crippen LogP contribution in [0.5, 0.6) is 17.2 Å². The van der Waals surface area contributed by atoms with Crippen LogP contribution in [-0.2, 0) is 16.8 Å². The molecule has 0 amide bonds. The third-order valence-corrected chi connectivity index (χ3v) is 6.01. The Morgan fingerprint density at radius 3 is 1.67 bits per heavy atom. The van der Waals surface area contributed by atoms with Crippen LogP contribution in [0, 0.1) is 0 Å². The van der Waals surface area contributed by atoms with Crippen molar-refractivity contribution < 1.29 is 24.1 Å². The van der Waals surface area contributed by atoms with E-state index in [1.54, 1.807) is 28.4 Å². The first-order valence-corrected chi connectivity index (χ1v) is 11.2. The van der Waals surface area contributed by atoms with Crippen LogP contribution in [-0.4, -0.2) is 40.2 Å². The molecule has 0 atom stereocenters. The van der Waals surface area contributed by atoms with Gasteiger partial charge in [-0.3, -0.25) is 0 Å². The maximum Gasteiger partial charge on any atom is 0.140 e. The van der Waals surface area contributed by atoms with E-state index in [1.165, 1.54) is 0 Å². The largest absolute Gasteiger partial charge is 0.497 e. The van der Waals surface area contributed by atoms with Gasteiger partial charge in [0.05, 0.1) is 21.3 Å². The molecule has 0 aliphatic carbocycles. The van der Waals surface area contributed by atoms with Gasteiger partial charge in [-0.2, -0.15) is 0 Å². The molecule has 0 radical (unpaired) electrons. The lowest BCUT2D eigenvalue weighted by atomic mass is 9.79. The monoisotopic (exact) mass is 450 g/mol. The molecule has 0 aliphatic rings. The molecule has 176 valence electrons. The van der Waals surface area contributed by atoms with Crippen molar-refractivity contribution in [1.82, 2.24) is 0 Å². The molecule has 0 aliphatic heterocycles. The van der Waals surface area contributed by atoms with Crippen molar-refractivity contribution in [2.24, 2.45) is 0 Å². The van der Waals surface area contributed by atoms with Gasteiger partial charge in [-0.15, -0.1) is 0 Å². The molecule has 0 unspecified atom stereocenters. The van der Waals surface area contributed by atoms with E-state index < -0.39 is 5.60 Å². The molecule has 3 aromatic carbocycles. The summed E-state index contributed by atoms with van der Waals surface area (Å²) < 4.78 is 21.4. The molecule has 0 saturated heterocycles. The second kappa shape index (κ2) is 11.7. The summed E-state index contributed by atoms with van der Waals surface area (Å²) in [5, 5.41) is 12.2. The number of hydrogen-bond acceptors (Lipinski definition) is 5. The third-order valence-electron chi connectivity index (χ3n) is 6.01. The molecule has 0 aromatic heterocycles. The van der Waals surface area contributed by atoms with E-state index in [4.69, 9.17) is 18.9 Å². The number of methoxy groups -OCH3 is 4. The standard InChI is InChI=1S/C28H34O5/c1-30-19-7-5-6-8-21-20-24(13-18-27(21)33-4)28(29,22-9-14-25(31-2)15-10-22)23-11-16-26(32-3)17-12-23/h9-18,20,29H,5-8,19H2,1-4H3. The molecular weight excluding hydrogens is 416 g/mol. The minimum Gasteiger partial charge on any atom is -0.497 e. The zero-order chi connectivity index (χ0) is 23.7. The van der Waals surface area contributed by atoms with E-state index in [1.807, 2.05) is 60.7 Å². The molecule has 0 bridgehead atoms. The fourth-order valence-corrected chi connectivity index (χ4v) is 4.10. The lowest BCUT2D eigenvalue weighted by Gasteiger charge is -2.31. The molecule has 3 aromatic rings. The van der Waals surface area contributed by atoms with Crippen molar-refractivity contribution in [1.29, 1.82) is 0 Å². The first kappa shape index (κ1) is 24.6. The topological polar surface area (TPSA) is 57.2 Å². The number of aryl methyl sites for hydroxylation is 1. The number of benzene rings is 3. The highest BCUT2D eigenvalue weighted by atomic mass is 16.5. The van der Waals surface area contributed by atoms with Crippen molar-refractivity contribution in [3.8, 4) is 17.2 Å². The highest BCUT2D eigenvalue weighted by molar-refractivity contribution is 5.51. The Labute approximate surface area is 196 Å². The van der Waals surface area contributed by atoms with E-state index in [9.17, 15) is 5.11 Å². The van der Waals surface area contributed by atoms with E-state index in [0.29, 0.717) is 0 Å². The Bertz CT molecular complexity index is 948. The zero-order valence-corrected chi connectivity index (χ0v) is 20.0. The maximum absolute atomic E-state index is 12.2. The van der Waals surface area contributed by atoms with E-state index in [0.717, 1.165) is 71.8 Å². The molecular formula is C28H34O5. The van der Waals surface area contributed by atoms with Crippen molar-refractivity contribution in [2.45, 2.75) is 31.3 Å². The summed E-state index contributed by atoms with van der Waals surface area (Å²) in [6, 6.07) is 21.0. The second-order valence-corrected chi connectivity index (χ2v) is 8.00. The first-order chi connectivity index (χ1) is 16.1. The number of aliphatic hydroxyl groups is 1. The van der Waals surface area contributed by atoms with Crippen LogP contribution >= 0.6 is 0 Å². The summed E-state index contributed by atoms with van der Waals surface area (Å²) in [4.78, 5) is 0. The van der Waals surface area contributed by atoms with E-state index >= 15 is 0 Å². The lowest BCUT2D eigenvalue weighted by Crippen LogP contribution is -2.29. The Morgan fingerprint density at radius 1 is 0.636 bits per heavy atom. The summed E-state index contributed by atoms with van der Waals surface area (Å²) in [5.74, 6) is 2.31. The number of hydrogen-bond donors (Lipinski definition) is 1. The molecule has 3 rings (SSSR count). The molecule has 0 heterocycles. The predicted molar refractivity (Wildman–Crippen MR) is 131 cm³/mol. The normalized spacial score (nSPS) is 11.3. The summed E-state index contributed by atoms with van der Waals surface area (Å²) in [6.07, 6.45) is 3.98. The molecule has 5 nitrogen and oxygen atoms in total. The first-order valence-electron chi connectivity index (χ1n) is 11.2. The van der Waals surface area contributed by atoms with Crippen LogP contribution in [0.15, 0.2) is 66.7 Å². The van der Waals surface area contributed by atoms with Crippen LogP contribution in [0.2, 0.25) is 0 Å². The van der Waals surface area contributed by atoms with Gasteiger partial charge >= 0.3 is 0 Å². The minimum atomic E-state index is -1.35. The van der Waals surface area contributed by atoms with Crippen molar-refractivity contribution in [3.63, 3.8) is 0 Å². The summed E-state index contributed by atoms with van der Waals surface area (Å²) >= 11 is 0. The minimum absolute atomic E-state index is 0.738. The summed E-state index contributed by atoms with van der Waals surface area (Å²) in [6.45, 7) is 0.770. The van der Waals surface area contributed by atoms with Gasteiger partial charge < -0.3 is 24.1 Å². The van der Waals surface area contributed by atoms with Gasteiger partial charge in [0.1, 0.15) is 22.8 Å². The molecule has 33 heavy (non-hydrogen) atoms. The Kier molecular flexibility index (Phi) is 8.75. The van der Waals surface area contributed by atoms with Crippen LogP contribution in [0.25, 0.3) is 0 Å².